The van der Waals surface area contributed by atoms with Crippen molar-refractivity contribution in [2.45, 2.75) is 19.3 Å². The summed E-state index contributed by atoms with van der Waals surface area (Å²) < 4.78 is 9.84. The summed E-state index contributed by atoms with van der Waals surface area (Å²) in [6.07, 6.45) is -0.565. The number of hydrogen-bond acceptors (Lipinski definition) is 3. The number of rotatable bonds is 0. The van der Waals surface area contributed by atoms with Crippen LogP contribution in [0.1, 0.15) is 6.92 Å². The Morgan fingerprint density at radius 3 is 2.25 bits per heavy atom. The van der Waals surface area contributed by atoms with E-state index < -0.39 is 6.10 Å². The molecule has 48 valence electrons. The molecule has 0 aliphatic carbocycles. The first-order valence-electron chi connectivity index (χ1n) is 2.70. The zero-order chi connectivity index (χ0) is 5.98. The quantitative estimate of drug-likeness (QED) is 0.476. The Bertz CT molecular complexity index is 56.1. The minimum absolute atomic E-state index is 0.140. The first-order chi connectivity index (χ1) is 3.79. The fourth-order valence-electron chi connectivity index (χ4n) is 0.589. The predicted octanol–water partition coefficient (Wildman–Crippen LogP) is -0.260. The van der Waals surface area contributed by atoms with Crippen LogP contribution in [0.25, 0.3) is 0 Å². The Morgan fingerprint density at radius 1 is 1.38 bits per heavy atom. The van der Waals surface area contributed by atoms with Gasteiger partial charge in [0.1, 0.15) is 6.10 Å². The Balaban J connectivity index is 2.19. The Morgan fingerprint density at radius 2 is 1.88 bits per heavy atom. The molecule has 0 atom stereocenters. The van der Waals surface area contributed by atoms with Crippen LogP contribution in [0.4, 0.5) is 0 Å². The Labute approximate surface area is 48.2 Å². The molecule has 3 heteroatoms. The number of hydrogen-bond donors (Lipinski definition) is 1. The van der Waals surface area contributed by atoms with E-state index in [1.807, 2.05) is 6.92 Å². The average molecular weight is 118 g/mol. The van der Waals surface area contributed by atoms with Crippen LogP contribution in [0, 0.1) is 0 Å². The summed E-state index contributed by atoms with van der Waals surface area (Å²) >= 11 is 0. The minimum atomic E-state index is -0.425. The van der Waals surface area contributed by atoms with Gasteiger partial charge >= 0.3 is 0 Å². The van der Waals surface area contributed by atoms with Crippen LogP contribution >= 0.6 is 0 Å². The van der Waals surface area contributed by atoms with Crippen LogP contribution in [0.5, 0.6) is 0 Å². The van der Waals surface area contributed by atoms with Crippen molar-refractivity contribution < 1.29 is 14.6 Å². The SMILES string of the molecule is C[C@H]1OC[C@@H](O)CO1. The third-order valence-electron chi connectivity index (χ3n) is 1.05. The molecule has 1 rings (SSSR count). The molecular weight excluding hydrogens is 108 g/mol. The van der Waals surface area contributed by atoms with Crippen LogP contribution in [0.3, 0.4) is 0 Å². The lowest BCUT2D eigenvalue weighted by molar-refractivity contribution is -0.207. The lowest BCUT2D eigenvalue weighted by atomic mass is 10.4. The van der Waals surface area contributed by atoms with Crippen LogP contribution < -0.4 is 0 Å². The van der Waals surface area contributed by atoms with Gasteiger partial charge in [0.05, 0.1) is 13.2 Å². The molecule has 1 N–H and O–H groups in total. The van der Waals surface area contributed by atoms with Crippen LogP contribution in [0.15, 0.2) is 0 Å². The fourth-order valence-corrected chi connectivity index (χ4v) is 0.589. The molecular formula is C5H10O3. The highest BCUT2D eigenvalue weighted by molar-refractivity contribution is 4.55. The molecule has 0 spiro atoms. The van der Waals surface area contributed by atoms with E-state index in [0.29, 0.717) is 13.2 Å². The van der Waals surface area contributed by atoms with E-state index in [9.17, 15) is 0 Å². The summed E-state index contributed by atoms with van der Waals surface area (Å²) in [6.45, 7) is 2.62. The zero-order valence-corrected chi connectivity index (χ0v) is 4.83. The molecule has 0 radical (unpaired) electrons. The van der Waals surface area contributed by atoms with E-state index in [1.54, 1.807) is 0 Å². The van der Waals surface area contributed by atoms with E-state index in [1.165, 1.54) is 0 Å². The second-order valence-electron chi connectivity index (χ2n) is 1.89. The van der Waals surface area contributed by atoms with Gasteiger partial charge < -0.3 is 14.6 Å². The molecule has 1 fully saturated rings. The molecule has 0 saturated carbocycles. The molecule has 1 aliphatic rings. The third kappa shape index (κ3) is 1.43. The molecule has 8 heavy (non-hydrogen) atoms. The van der Waals surface area contributed by atoms with Gasteiger partial charge in [0.15, 0.2) is 6.29 Å². The second kappa shape index (κ2) is 2.44. The lowest BCUT2D eigenvalue weighted by Gasteiger charge is -2.23. The topological polar surface area (TPSA) is 38.7 Å². The monoisotopic (exact) mass is 118 g/mol. The van der Waals surface area contributed by atoms with Crippen LogP contribution in [0.2, 0.25) is 0 Å². The van der Waals surface area contributed by atoms with Gasteiger partial charge in [0.2, 0.25) is 0 Å². The normalized spacial score (nSPS) is 39.8. The van der Waals surface area contributed by atoms with Crippen molar-refractivity contribution in [2.75, 3.05) is 13.2 Å². The lowest BCUT2D eigenvalue weighted by Crippen LogP contribution is -2.33. The summed E-state index contributed by atoms with van der Waals surface area (Å²) in [6, 6.07) is 0. The van der Waals surface area contributed by atoms with Gasteiger partial charge in [-0.15, -0.1) is 0 Å². The highest BCUT2D eigenvalue weighted by Gasteiger charge is 2.15. The summed E-state index contributed by atoms with van der Waals surface area (Å²) in [7, 11) is 0. The van der Waals surface area contributed by atoms with Crippen molar-refractivity contribution in [2.24, 2.45) is 0 Å². The molecule has 1 saturated heterocycles. The fraction of sp³-hybridized carbons (Fsp3) is 1.00. The molecule has 3 nitrogen and oxygen atoms in total. The van der Waals surface area contributed by atoms with Crippen molar-refractivity contribution in [3.63, 3.8) is 0 Å². The van der Waals surface area contributed by atoms with Gasteiger partial charge in [-0.1, -0.05) is 0 Å². The van der Waals surface area contributed by atoms with Gasteiger partial charge in [-0.3, -0.25) is 0 Å². The van der Waals surface area contributed by atoms with Gasteiger partial charge in [-0.2, -0.15) is 0 Å². The van der Waals surface area contributed by atoms with Crippen molar-refractivity contribution >= 4 is 0 Å². The average Bonchev–Trinajstić information content (AvgIpc) is 1.77. The first-order valence-corrected chi connectivity index (χ1v) is 2.70. The molecule has 1 heterocycles. The number of ether oxygens (including phenoxy) is 2. The Kier molecular flexibility index (Phi) is 1.83. The molecule has 0 aromatic carbocycles. The first kappa shape index (κ1) is 6.01. The third-order valence-corrected chi connectivity index (χ3v) is 1.05. The van der Waals surface area contributed by atoms with Crippen molar-refractivity contribution in [3.8, 4) is 0 Å². The molecule has 0 bridgehead atoms. The molecule has 0 unspecified atom stereocenters. The van der Waals surface area contributed by atoms with Gasteiger partial charge in [-0.05, 0) is 6.92 Å². The number of aliphatic hydroxyl groups excluding tert-OH is 1. The maximum absolute atomic E-state index is 8.78. The maximum atomic E-state index is 8.78. The minimum Gasteiger partial charge on any atom is -0.388 e. The van der Waals surface area contributed by atoms with Gasteiger partial charge in [0, 0.05) is 0 Å². The van der Waals surface area contributed by atoms with E-state index in [-0.39, 0.29) is 6.29 Å². The van der Waals surface area contributed by atoms with E-state index in [2.05, 4.69) is 0 Å². The van der Waals surface area contributed by atoms with Gasteiger partial charge in [-0.25, -0.2) is 0 Å². The molecule has 0 aromatic rings. The number of aliphatic hydroxyl groups is 1. The highest BCUT2D eigenvalue weighted by Crippen LogP contribution is 2.02. The molecule has 0 aromatic heterocycles. The Hall–Kier alpha value is -0.120. The van der Waals surface area contributed by atoms with E-state index in [0.717, 1.165) is 0 Å². The largest absolute Gasteiger partial charge is 0.388 e. The predicted molar refractivity (Wildman–Crippen MR) is 27.4 cm³/mol. The van der Waals surface area contributed by atoms with Crippen molar-refractivity contribution in [1.82, 2.24) is 0 Å². The standard InChI is InChI=1S/C5H10O3/c1-4-7-2-5(6)3-8-4/h4-6H,2-3H2,1H3/t4-,5+. The highest BCUT2D eigenvalue weighted by atomic mass is 16.7. The maximum Gasteiger partial charge on any atom is 0.155 e. The summed E-state index contributed by atoms with van der Waals surface area (Å²) in [4.78, 5) is 0. The van der Waals surface area contributed by atoms with Crippen molar-refractivity contribution in [3.05, 3.63) is 0 Å². The smallest absolute Gasteiger partial charge is 0.155 e. The molecule has 1 aliphatic heterocycles. The summed E-state index contributed by atoms with van der Waals surface area (Å²) in [5.74, 6) is 0. The van der Waals surface area contributed by atoms with Gasteiger partial charge in [0.25, 0.3) is 0 Å². The second-order valence-corrected chi connectivity index (χ2v) is 1.89. The van der Waals surface area contributed by atoms with E-state index >= 15 is 0 Å². The van der Waals surface area contributed by atoms with Crippen LogP contribution in [-0.2, 0) is 9.47 Å². The summed E-state index contributed by atoms with van der Waals surface area (Å²) in [5, 5.41) is 8.78. The van der Waals surface area contributed by atoms with Crippen molar-refractivity contribution in [1.29, 1.82) is 0 Å². The van der Waals surface area contributed by atoms with Crippen LogP contribution in [-0.4, -0.2) is 30.7 Å². The summed E-state index contributed by atoms with van der Waals surface area (Å²) in [5.41, 5.74) is 0. The zero-order valence-electron chi connectivity index (χ0n) is 4.83. The molecule has 0 amide bonds. The van der Waals surface area contributed by atoms with E-state index in [4.69, 9.17) is 14.6 Å².